The fraction of sp³-hybridized carbons (Fsp3) is 0.500. The molecule has 1 aromatic rings. The Morgan fingerprint density at radius 1 is 1.83 bits per heavy atom. The van der Waals surface area contributed by atoms with E-state index in [0.717, 1.165) is 18.0 Å². The van der Waals surface area contributed by atoms with E-state index in [1.54, 1.807) is 5.51 Å². The van der Waals surface area contributed by atoms with Gasteiger partial charge < -0.3 is 5.32 Å². The minimum atomic E-state index is 0.0861. The van der Waals surface area contributed by atoms with Crippen LogP contribution in [0.5, 0.6) is 0 Å². The molecule has 1 rings (SSSR count). The summed E-state index contributed by atoms with van der Waals surface area (Å²) in [6, 6.07) is 0.0861. The first-order chi connectivity index (χ1) is 5.86. The molecule has 1 aromatic heterocycles. The highest BCUT2D eigenvalue weighted by molar-refractivity contribution is 7.13. The standard InChI is InChI=1S/C8H11N3S/c1-3-5-7(4-2)10-8-11-9-6-12-8/h2,6-7H,3,5H2,1H3,(H,10,11). The predicted molar refractivity (Wildman–Crippen MR) is 51.1 cm³/mol. The number of terminal acetylenes is 1. The Bertz CT molecular complexity index is 250. The van der Waals surface area contributed by atoms with Crippen LogP contribution in [0.25, 0.3) is 0 Å². The second kappa shape index (κ2) is 4.73. The SMILES string of the molecule is C#CC(CCC)Nc1nncs1. The van der Waals surface area contributed by atoms with Gasteiger partial charge in [-0.25, -0.2) is 0 Å². The molecule has 0 saturated heterocycles. The minimum Gasteiger partial charge on any atom is -0.346 e. The highest BCUT2D eigenvalue weighted by Crippen LogP contribution is 2.11. The minimum absolute atomic E-state index is 0.0861. The summed E-state index contributed by atoms with van der Waals surface area (Å²) >= 11 is 1.46. The predicted octanol–water partition coefficient (Wildman–Crippen LogP) is 1.75. The van der Waals surface area contributed by atoms with Crippen molar-refractivity contribution >= 4 is 16.5 Å². The molecule has 0 aliphatic heterocycles. The Kier molecular flexibility index (Phi) is 3.55. The third kappa shape index (κ3) is 2.51. The average Bonchev–Trinajstić information content (AvgIpc) is 2.56. The normalized spacial score (nSPS) is 12.0. The lowest BCUT2D eigenvalue weighted by Gasteiger charge is -2.08. The molecule has 4 heteroatoms. The maximum absolute atomic E-state index is 5.32. The lowest BCUT2D eigenvalue weighted by molar-refractivity contribution is 0.753. The van der Waals surface area contributed by atoms with Crippen LogP contribution in [0.2, 0.25) is 0 Å². The molecule has 1 atom stereocenters. The van der Waals surface area contributed by atoms with Crippen LogP contribution >= 0.6 is 11.3 Å². The summed E-state index contributed by atoms with van der Waals surface area (Å²) in [4.78, 5) is 0. The molecular weight excluding hydrogens is 170 g/mol. The number of rotatable bonds is 4. The summed E-state index contributed by atoms with van der Waals surface area (Å²) in [5.41, 5.74) is 1.68. The topological polar surface area (TPSA) is 37.8 Å². The van der Waals surface area contributed by atoms with Crippen molar-refractivity contribution in [2.75, 3.05) is 5.32 Å². The van der Waals surface area contributed by atoms with Crippen LogP contribution in [-0.2, 0) is 0 Å². The largest absolute Gasteiger partial charge is 0.346 e. The van der Waals surface area contributed by atoms with Crippen LogP contribution in [0.4, 0.5) is 5.13 Å². The summed E-state index contributed by atoms with van der Waals surface area (Å²) in [5.74, 6) is 2.67. The third-order valence-corrected chi connectivity index (χ3v) is 2.06. The quantitative estimate of drug-likeness (QED) is 0.719. The van der Waals surface area contributed by atoms with Crippen molar-refractivity contribution in [3.8, 4) is 12.3 Å². The zero-order valence-electron chi connectivity index (χ0n) is 6.95. The summed E-state index contributed by atoms with van der Waals surface area (Å²) in [6.07, 6.45) is 7.36. The van der Waals surface area contributed by atoms with Crippen LogP contribution in [0.3, 0.4) is 0 Å². The fourth-order valence-electron chi connectivity index (χ4n) is 0.871. The van der Waals surface area contributed by atoms with Gasteiger partial charge >= 0.3 is 0 Å². The first-order valence-corrected chi connectivity index (χ1v) is 4.73. The monoisotopic (exact) mass is 181 g/mol. The van der Waals surface area contributed by atoms with E-state index in [4.69, 9.17) is 6.42 Å². The Morgan fingerprint density at radius 2 is 2.67 bits per heavy atom. The number of aromatic nitrogens is 2. The maximum atomic E-state index is 5.32. The Labute approximate surface area is 76.2 Å². The van der Waals surface area contributed by atoms with E-state index in [2.05, 4.69) is 28.4 Å². The fourth-order valence-corrected chi connectivity index (χ4v) is 1.37. The van der Waals surface area contributed by atoms with Crippen LogP contribution in [0.1, 0.15) is 19.8 Å². The van der Waals surface area contributed by atoms with Gasteiger partial charge in [0.05, 0.1) is 6.04 Å². The highest BCUT2D eigenvalue weighted by atomic mass is 32.1. The van der Waals surface area contributed by atoms with E-state index >= 15 is 0 Å². The molecule has 12 heavy (non-hydrogen) atoms. The third-order valence-electron chi connectivity index (χ3n) is 1.44. The van der Waals surface area contributed by atoms with Crippen molar-refractivity contribution in [1.29, 1.82) is 0 Å². The second-order valence-electron chi connectivity index (χ2n) is 2.40. The van der Waals surface area contributed by atoms with E-state index in [1.807, 2.05) is 0 Å². The molecule has 0 saturated carbocycles. The molecule has 0 amide bonds. The zero-order valence-corrected chi connectivity index (χ0v) is 7.77. The molecule has 0 aliphatic rings. The van der Waals surface area contributed by atoms with Crippen molar-refractivity contribution < 1.29 is 0 Å². The highest BCUT2D eigenvalue weighted by Gasteiger charge is 2.04. The summed E-state index contributed by atoms with van der Waals surface area (Å²) < 4.78 is 0. The van der Waals surface area contributed by atoms with E-state index < -0.39 is 0 Å². The average molecular weight is 181 g/mol. The molecule has 0 fully saturated rings. The van der Waals surface area contributed by atoms with Gasteiger partial charge in [0.15, 0.2) is 0 Å². The van der Waals surface area contributed by atoms with Crippen molar-refractivity contribution in [1.82, 2.24) is 10.2 Å². The molecule has 0 aliphatic carbocycles. The van der Waals surface area contributed by atoms with Crippen molar-refractivity contribution in [3.05, 3.63) is 5.51 Å². The molecule has 3 nitrogen and oxygen atoms in total. The van der Waals surface area contributed by atoms with E-state index in [0.29, 0.717) is 0 Å². The van der Waals surface area contributed by atoms with Gasteiger partial charge in [-0.3, -0.25) is 0 Å². The molecule has 1 N–H and O–H groups in total. The number of nitrogens with zero attached hydrogens (tertiary/aromatic N) is 2. The smallest absolute Gasteiger partial charge is 0.206 e. The van der Waals surface area contributed by atoms with Crippen LogP contribution in [0, 0.1) is 12.3 Å². The van der Waals surface area contributed by atoms with Gasteiger partial charge in [-0.1, -0.05) is 30.6 Å². The van der Waals surface area contributed by atoms with Gasteiger partial charge in [0, 0.05) is 0 Å². The van der Waals surface area contributed by atoms with Crippen molar-refractivity contribution in [2.45, 2.75) is 25.8 Å². The molecular formula is C8H11N3S. The molecule has 64 valence electrons. The first kappa shape index (κ1) is 9.01. The molecule has 0 aromatic carbocycles. The van der Waals surface area contributed by atoms with Crippen molar-refractivity contribution in [2.24, 2.45) is 0 Å². The van der Waals surface area contributed by atoms with Gasteiger partial charge in [-0.2, -0.15) is 0 Å². The number of nitrogens with one attached hydrogen (secondary N) is 1. The molecule has 0 spiro atoms. The number of hydrogen-bond acceptors (Lipinski definition) is 4. The van der Waals surface area contributed by atoms with Gasteiger partial charge in [-0.05, 0) is 6.42 Å². The maximum Gasteiger partial charge on any atom is 0.206 e. The van der Waals surface area contributed by atoms with Gasteiger partial charge in [0.2, 0.25) is 5.13 Å². The number of hydrogen-bond donors (Lipinski definition) is 1. The van der Waals surface area contributed by atoms with E-state index in [1.165, 1.54) is 11.3 Å². The van der Waals surface area contributed by atoms with Gasteiger partial charge in [0.25, 0.3) is 0 Å². The molecule has 0 bridgehead atoms. The Balaban J connectivity index is 2.44. The number of anilines is 1. The summed E-state index contributed by atoms with van der Waals surface area (Å²) in [7, 11) is 0. The molecule has 1 heterocycles. The van der Waals surface area contributed by atoms with Gasteiger partial charge in [-0.15, -0.1) is 16.6 Å². The lowest BCUT2D eigenvalue weighted by atomic mass is 10.2. The lowest BCUT2D eigenvalue weighted by Crippen LogP contribution is -2.16. The zero-order chi connectivity index (χ0) is 8.81. The summed E-state index contributed by atoms with van der Waals surface area (Å²) in [6.45, 7) is 2.10. The van der Waals surface area contributed by atoms with E-state index in [-0.39, 0.29) is 6.04 Å². The van der Waals surface area contributed by atoms with Crippen LogP contribution in [0.15, 0.2) is 5.51 Å². The molecule has 1 unspecified atom stereocenters. The van der Waals surface area contributed by atoms with E-state index in [9.17, 15) is 0 Å². The van der Waals surface area contributed by atoms with Crippen LogP contribution < -0.4 is 5.32 Å². The first-order valence-electron chi connectivity index (χ1n) is 3.85. The Hall–Kier alpha value is -1.08. The summed E-state index contributed by atoms with van der Waals surface area (Å²) in [5, 5.41) is 11.5. The second-order valence-corrected chi connectivity index (χ2v) is 3.23. The Morgan fingerprint density at radius 3 is 3.17 bits per heavy atom. The molecule has 0 radical (unpaired) electrons. The van der Waals surface area contributed by atoms with Gasteiger partial charge in [0.1, 0.15) is 5.51 Å². The van der Waals surface area contributed by atoms with Crippen LogP contribution in [-0.4, -0.2) is 16.2 Å². The van der Waals surface area contributed by atoms with Crippen molar-refractivity contribution in [3.63, 3.8) is 0 Å².